The van der Waals surface area contributed by atoms with Crippen molar-refractivity contribution >= 4 is 39.7 Å². The van der Waals surface area contributed by atoms with E-state index in [1.54, 1.807) is 23.1 Å². The van der Waals surface area contributed by atoms with E-state index < -0.39 is 0 Å². The lowest BCUT2D eigenvalue weighted by atomic mass is 10.2. The van der Waals surface area contributed by atoms with Crippen LogP contribution in [0.4, 0.5) is 0 Å². The van der Waals surface area contributed by atoms with E-state index in [0.717, 1.165) is 27.3 Å². The minimum absolute atomic E-state index is 0.775. The molecule has 2 heterocycles. The van der Waals surface area contributed by atoms with E-state index in [2.05, 4.69) is 33.4 Å². The third-order valence-corrected chi connectivity index (χ3v) is 5.04. The Morgan fingerprint density at radius 1 is 1.35 bits per heavy atom. The number of hydrogen-bond acceptors (Lipinski definition) is 4. The van der Waals surface area contributed by atoms with Crippen molar-refractivity contribution in [2.24, 2.45) is 0 Å². The highest BCUT2D eigenvalue weighted by Gasteiger charge is 2.12. The van der Waals surface area contributed by atoms with Crippen LogP contribution in [0.2, 0.25) is 5.02 Å². The third kappa shape index (κ3) is 2.86. The summed E-state index contributed by atoms with van der Waals surface area (Å²) in [5, 5.41) is 7.15. The molecule has 0 atom stereocenters. The van der Waals surface area contributed by atoms with Gasteiger partial charge in [-0.15, -0.1) is 11.3 Å². The molecule has 6 heteroatoms. The predicted octanol–water partition coefficient (Wildman–Crippen LogP) is 4.06. The van der Waals surface area contributed by atoms with Crippen LogP contribution in [0.15, 0.2) is 40.9 Å². The zero-order chi connectivity index (χ0) is 13.9. The lowest BCUT2D eigenvalue weighted by molar-refractivity contribution is 0.765. The van der Waals surface area contributed by atoms with Crippen LogP contribution in [0, 0.1) is 0 Å². The van der Waals surface area contributed by atoms with Gasteiger partial charge in [0.1, 0.15) is 5.03 Å². The summed E-state index contributed by atoms with van der Waals surface area (Å²) in [4.78, 5) is 5.75. The summed E-state index contributed by atoms with van der Waals surface area (Å²) < 4.78 is 2.16. The van der Waals surface area contributed by atoms with Gasteiger partial charge in [-0.05, 0) is 24.7 Å². The van der Waals surface area contributed by atoms with Gasteiger partial charge in [-0.25, -0.2) is 4.98 Å². The summed E-state index contributed by atoms with van der Waals surface area (Å²) >= 11 is 9.34. The van der Waals surface area contributed by atoms with Crippen molar-refractivity contribution in [1.82, 2.24) is 14.7 Å². The Morgan fingerprint density at radius 2 is 2.15 bits per heavy atom. The molecule has 0 spiro atoms. The van der Waals surface area contributed by atoms with Crippen LogP contribution >= 0.6 is 34.7 Å². The maximum absolute atomic E-state index is 5.90. The molecule has 0 saturated carbocycles. The molecular formula is C14H14ClN3S2. The van der Waals surface area contributed by atoms with Crippen molar-refractivity contribution in [3.05, 3.63) is 52.1 Å². The van der Waals surface area contributed by atoms with Crippen LogP contribution in [-0.2, 0) is 12.3 Å². The molecular weight excluding hydrogens is 310 g/mol. The molecule has 2 aromatic heterocycles. The second-order valence-electron chi connectivity index (χ2n) is 4.36. The molecule has 0 radical (unpaired) electrons. The summed E-state index contributed by atoms with van der Waals surface area (Å²) in [5.74, 6) is 0.902. The van der Waals surface area contributed by atoms with Gasteiger partial charge in [0.2, 0.25) is 0 Å². The normalized spacial score (nSPS) is 11.3. The van der Waals surface area contributed by atoms with E-state index in [4.69, 9.17) is 16.6 Å². The molecule has 0 amide bonds. The number of benzene rings is 1. The molecule has 3 nitrogen and oxygen atoms in total. The first-order valence-electron chi connectivity index (χ1n) is 6.24. The van der Waals surface area contributed by atoms with E-state index in [1.165, 1.54) is 11.3 Å². The number of halogens is 1. The van der Waals surface area contributed by atoms with Crippen LogP contribution in [0.5, 0.6) is 0 Å². The van der Waals surface area contributed by atoms with Gasteiger partial charge in [0.25, 0.3) is 0 Å². The van der Waals surface area contributed by atoms with Gasteiger partial charge in [0.05, 0.1) is 5.69 Å². The predicted molar refractivity (Wildman–Crippen MR) is 86.8 cm³/mol. The molecule has 0 saturated heterocycles. The number of hydrogen-bond donors (Lipinski definition) is 1. The minimum atomic E-state index is 0.775. The Morgan fingerprint density at radius 3 is 2.90 bits per heavy atom. The number of imidazole rings is 1. The largest absolute Gasteiger partial charge is 0.314 e. The van der Waals surface area contributed by atoms with Crippen LogP contribution in [0.25, 0.3) is 4.96 Å². The van der Waals surface area contributed by atoms with E-state index in [0.29, 0.717) is 0 Å². The van der Waals surface area contributed by atoms with E-state index in [1.807, 2.05) is 19.2 Å². The van der Waals surface area contributed by atoms with Crippen molar-refractivity contribution in [2.45, 2.75) is 17.3 Å². The first kappa shape index (κ1) is 13.9. The number of rotatable bonds is 5. The molecule has 0 aliphatic carbocycles. The van der Waals surface area contributed by atoms with Crippen LogP contribution < -0.4 is 5.32 Å². The van der Waals surface area contributed by atoms with Crippen LogP contribution in [0.1, 0.15) is 11.3 Å². The van der Waals surface area contributed by atoms with Gasteiger partial charge in [-0.1, -0.05) is 35.5 Å². The van der Waals surface area contributed by atoms with Gasteiger partial charge in [0, 0.05) is 28.9 Å². The van der Waals surface area contributed by atoms with Gasteiger partial charge in [-0.3, -0.25) is 4.40 Å². The number of fused-ring (bicyclic) bond motifs is 1. The van der Waals surface area contributed by atoms with Crippen molar-refractivity contribution in [1.29, 1.82) is 0 Å². The van der Waals surface area contributed by atoms with Gasteiger partial charge in [0.15, 0.2) is 4.96 Å². The van der Waals surface area contributed by atoms with Gasteiger partial charge < -0.3 is 5.32 Å². The molecule has 20 heavy (non-hydrogen) atoms. The molecule has 0 aliphatic heterocycles. The second-order valence-corrected chi connectivity index (χ2v) is 6.64. The topological polar surface area (TPSA) is 29.3 Å². The summed E-state index contributed by atoms with van der Waals surface area (Å²) in [6.45, 7) is 0.820. The lowest BCUT2D eigenvalue weighted by Gasteiger charge is -2.04. The summed E-state index contributed by atoms with van der Waals surface area (Å²) in [6.07, 6.45) is 2.08. The Bertz CT molecular complexity index is 703. The molecule has 0 bridgehead atoms. The molecule has 0 fully saturated rings. The van der Waals surface area contributed by atoms with E-state index in [-0.39, 0.29) is 0 Å². The number of nitrogens with one attached hydrogen (secondary N) is 1. The van der Waals surface area contributed by atoms with E-state index >= 15 is 0 Å². The van der Waals surface area contributed by atoms with Crippen molar-refractivity contribution < 1.29 is 0 Å². The standard InChI is InChI=1S/C14H14ClN3S2/c1-16-8-12-13(17-14-18(12)6-7-19-14)20-9-10-2-4-11(15)5-3-10/h2-7,16H,8-9H2,1H3. The van der Waals surface area contributed by atoms with Crippen molar-refractivity contribution in [2.75, 3.05) is 7.05 Å². The number of aromatic nitrogens is 2. The van der Waals surface area contributed by atoms with Crippen LogP contribution in [-0.4, -0.2) is 16.4 Å². The maximum atomic E-state index is 5.90. The minimum Gasteiger partial charge on any atom is -0.314 e. The third-order valence-electron chi connectivity index (χ3n) is 2.96. The average molecular weight is 324 g/mol. The summed E-state index contributed by atoms with van der Waals surface area (Å²) in [6, 6.07) is 7.98. The Kier molecular flexibility index (Phi) is 4.31. The molecule has 3 aromatic rings. The smallest absolute Gasteiger partial charge is 0.194 e. The zero-order valence-corrected chi connectivity index (χ0v) is 13.4. The second kappa shape index (κ2) is 6.18. The summed E-state index contributed by atoms with van der Waals surface area (Å²) in [7, 11) is 1.96. The molecule has 3 rings (SSSR count). The first-order valence-corrected chi connectivity index (χ1v) is 8.48. The van der Waals surface area contributed by atoms with Gasteiger partial charge in [-0.2, -0.15) is 0 Å². The SMILES string of the molecule is CNCc1c(SCc2ccc(Cl)cc2)nc2sccn12. The molecule has 1 aromatic carbocycles. The lowest BCUT2D eigenvalue weighted by Crippen LogP contribution is -2.08. The Balaban J connectivity index is 1.81. The van der Waals surface area contributed by atoms with Crippen molar-refractivity contribution in [3.8, 4) is 0 Å². The monoisotopic (exact) mass is 323 g/mol. The number of thiazole rings is 1. The average Bonchev–Trinajstić information content (AvgIpc) is 3.01. The quantitative estimate of drug-likeness (QED) is 0.718. The fourth-order valence-corrected chi connectivity index (χ4v) is 3.89. The molecule has 104 valence electrons. The Labute approximate surface area is 131 Å². The fraction of sp³-hybridized carbons (Fsp3) is 0.214. The fourth-order valence-electron chi connectivity index (χ4n) is 1.99. The molecule has 0 aliphatic rings. The van der Waals surface area contributed by atoms with E-state index in [9.17, 15) is 0 Å². The first-order chi connectivity index (χ1) is 9.78. The zero-order valence-electron chi connectivity index (χ0n) is 11.0. The highest BCUT2D eigenvalue weighted by molar-refractivity contribution is 7.98. The highest BCUT2D eigenvalue weighted by atomic mass is 35.5. The van der Waals surface area contributed by atoms with Crippen molar-refractivity contribution in [3.63, 3.8) is 0 Å². The molecule has 1 N–H and O–H groups in total. The van der Waals surface area contributed by atoms with Crippen LogP contribution in [0.3, 0.4) is 0 Å². The highest BCUT2D eigenvalue weighted by Crippen LogP contribution is 2.28. The Hall–Kier alpha value is -1.01. The molecule has 0 unspecified atom stereocenters. The number of thioether (sulfide) groups is 1. The van der Waals surface area contributed by atoms with Gasteiger partial charge >= 0.3 is 0 Å². The summed E-state index contributed by atoms with van der Waals surface area (Å²) in [5.41, 5.74) is 2.48. The maximum Gasteiger partial charge on any atom is 0.194 e. The number of nitrogens with zero attached hydrogens (tertiary/aromatic N) is 2.